The SMILES string of the molecule is COc1ccccc1CC(C)N(C)c1cccnc1N. The lowest BCUT2D eigenvalue weighted by Gasteiger charge is -2.28. The first-order valence-corrected chi connectivity index (χ1v) is 6.68. The highest BCUT2D eigenvalue weighted by Gasteiger charge is 2.15. The number of aromatic nitrogens is 1. The van der Waals surface area contributed by atoms with E-state index in [0.717, 1.165) is 17.9 Å². The Morgan fingerprint density at radius 3 is 2.70 bits per heavy atom. The molecule has 4 heteroatoms. The number of hydrogen-bond acceptors (Lipinski definition) is 4. The number of nitrogen functional groups attached to an aromatic ring is 1. The van der Waals surface area contributed by atoms with Crippen molar-refractivity contribution in [3.8, 4) is 5.75 Å². The molecule has 1 aromatic heterocycles. The van der Waals surface area contributed by atoms with E-state index in [1.807, 2.05) is 37.4 Å². The van der Waals surface area contributed by atoms with Crippen molar-refractivity contribution >= 4 is 11.5 Å². The van der Waals surface area contributed by atoms with Crippen molar-refractivity contribution in [2.75, 3.05) is 24.8 Å². The van der Waals surface area contributed by atoms with E-state index in [9.17, 15) is 0 Å². The number of likely N-dealkylation sites (N-methyl/N-ethyl adjacent to an activating group) is 1. The van der Waals surface area contributed by atoms with Crippen molar-refractivity contribution in [1.29, 1.82) is 0 Å². The largest absolute Gasteiger partial charge is 0.496 e. The summed E-state index contributed by atoms with van der Waals surface area (Å²) in [5, 5.41) is 0. The van der Waals surface area contributed by atoms with Gasteiger partial charge in [0.25, 0.3) is 0 Å². The van der Waals surface area contributed by atoms with Gasteiger partial charge in [-0.15, -0.1) is 0 Å². The van der Waals surface area contributed by atoms with Crippen molar-refractivity contribution in [2.24, 2.45) is 0 Å². The maximum absolute atomic E-state index is 5.93. The van der Waals surface area contributed by atoms with Crippen molar-refractivity contribution in [3.05, 3.63) is 48.2 Å². The quantitative estimate of drug-likeness (QED) is 0.908. The molecular formula is C16H21N3O. The average molecular weight is 271 g/mol. The van der Waals surface area contributed by atoms with Gasteiger partial charge in [-0.1, -0.05) is 18.2 Å². The van der Waals surface area contributed by atoms with Gasteiger partial charge in [0.15, 0.2) is 0 Å². The first-order chi connectivity index (χ1) is 9.63. The molecule has 2 aromatic rings. The van der Waals surface area contributed by atoms with Gasteiger partial charge in [0.2, 0.25) is 0 Å². The van der Waals surface area contributed by atoms with Crippen LogP contribution in [0.25, 0.3) is 0 Å². The van der Waals surface area contributed by atoms with Crippen LogP contribution < -0.4 is 15.4 Å². The Kier molecular flexibility index (Phi) is 4.45. The summed E-state index contributed by atoms with van der Waals surface area (Å²) in [6.45, 7) is 2.17. The van der Waals surface area contributed by atoms with Crippen LogP contribution in [0.15, 0.2) is 42.6 Å². The minimum absolute atomic E-state index is 0.290. The summed E-state index contributed by atoms with van der Waals surface area (Å²) in [6, 6.07) is 12.3. The van der Waals surface area contributed by atoms with Crippen molar-refractivity contribution in [2.45, 2.75) is 19.4 Å². The highest BCUT2D eigenvalue weighted by molar-refractivity contribution is 5.63. The highest BCUT2D eigenvalue weighted by Crippen LogP contribution is 2.25. The molecule has 0 saturated heterocycles. The summed E-state index contributed by atoms with van der Waals surface area (Å²) in [7, 11) is 3.74. The number of hydrogen-bond donors (Lipinski definition) is 1. The second-order valence-corrected chi connectivity index (χ2v) is 4.88. The highest BCUT2D eigenvalue weighted by atomic mass is 16.5. The Hall–Kier alpha value is -2.23. The number of anilines is 2. The molecule has 1 aromatic carbocycles. The van der Waals surface area contributed by atoms with Gasteiger partial charge in [-0.25, -0.2) is 4.98 Å². The van der Waals surface area contributed by atoms with Crippen molar-refractivity contribution in [1.82, 2.24) is 4.98 Å². The first-order valence-electron chi connectivity index (χ1n) is 6.68. The third-order valence-corrected chi connectivity index (χ3v) is 3.57. The topological polar surface area (TPSA) is 51.4 Å². The van der Waals surface area contributed by atoms with Crippen molar-refractivity contribution < 1.29 is 4.74 Å². The number of pyridine rings is 1. The fourth-order valence-electron chi connectivity index (χ4n) is 2.27. The van der Waals surface area contributed by atoms with Crippen molar-refractivity contribution in [3.63, 3.8) is 0 Å². The number of nitrogens with two attached hydrogens (primary N) is 1. The molecule has 0 aliphatic rings. The number of ether oxygens (including phenoxy) is 1. The monoisotopic (exact) mass is 271 g/mol. The summed E-state index contributed by atoms with van der Waals surface area (Å²) in [5.74, 6) is 1.48. The average Bonchev–Trinajstić information content (AvgIpc) is 2.47. The molecular weight excluding hydrogens is 250 g/mol. The first kappa shape index (κ1) is 14.2. The lowest BCUT2D eigenvalue weighted by Crippen LogP contribution is -2.31. The van der Waals surface area contributed by atoms with Crippen LogP contribution in [0.5, 0.6) is 5.75 Å². The standard InChI is InChI=1S/C16H21N3O/c1-12(11-13-7-4-5-9-15(13)20-3)19(2)14-8-6-10-18-16(14)17/h4-10,12H,11H2,1-3H3,(H2,17,18). The minimum Gasteiger partial charge on any atom is -0.496 e. The van der Waals surface area contributed by atoms with Gasteiger partial charge >= 0.3 is 0 Å². The van der Waals surface area contributed by atoms with E-state index in [1.165, 1.54) is 5.56 Å². The van der Waals surface area contributed by atoms with E-state index < -0.39 is 0 Å². The van der Waals surface area contributed by atoms with E-state index in [1.54, 1.807) is 13.3 Å². The second kappa shape index (κ2) is 6.28. The zero-order valence-corrected chi connectivity index (χ0v) is 12.2. The molecule has 0 saturated carbocycles. The van der Waals surface area contributed by atoms with Gasteiger partial charge in [0, 0.05) is 19.3 Å². The lowest BCUT2D eigenvalue weighted by atomic mass is 10.0. The lowest BCUT2D eigenvalue weighted by molar-refractivity contribution is 0.408. The molecule has 0 radical (unpaired) electrons. The zero-order valence-electron chi connectivity index (χ0n) is 12.2. The summed E-state index contributed by atoms with van der Waals surface area (Å²) < 4.78 is 5.40. The summed E-state index contributed by atoms with van der Waals surface area (Å²) in [4.78, 5) is 6.28. The molecule has 0 aliphatic carbocycles. The van der Waals surface area contributed by atoms with Crippen LogP contribution in [0.1, 0.15) is 12.5 Å². The number of benzene rings is 1. The van der Waals surface area contributed by atoms with Gasteiger partial charge < -0.3 is 15.4 Å². The Balaban J connectivity index is 2.16. The van der Waals surface area contributed by atoms with Gasteiger partial charge in [-0.05, 0) is 37.1 Å². The molecule has 106 valence electrons. The van der Waals surface area contributed by atoms with Crippen LogP contribution in [0.2, 0.25) is 0 Å². The predicted molar refractivity (Wildman–Crippen MR) is 83.2 cm³/mol. The Morgan fingerprint density at radius 1 is 1.25 bits per heavy atom. The van der Waals surface area contributed by atoms with Gasteiger partial charge in [0.1, 0.15) is 11.6 Å². The van der Waals surface area contributed by atoms with E-state index in [2.05, 4.69) is 22.9 Å². The summed E-state index contributed by atoms with van der Waals surface area (Å²) >= 11 is 0. The van der Waals surface area contributed by atoms with E-state index in [0.29, 0.717) is 5.82 Å². The number of nitrogens with zero attached hydrogens (tertiary/aromatic N) is 2. The van der Waals surface area contributed by atoms with Gasteiger partial charge in [-0.2, -0.15) is 0 Å². The fourth-order valence-corrected chi connectivity index (χ4v) is 2.27. The van der Waals surface area contributed by atoms with Crippen LogP contribution in [-0.2, 0) is 6.42 Å². The number of para-hydroxylation sites is 1. The minimum atomic E-state index is 0.290. The smallest absolute Gasteiger partial charge is 0.146 e. The van der Waals surface area contributed by atoms with Crippen LogP contribution >= 0.6 is 0 Å². The summed E-state index contributed by atoms with van der Waals surface area (Å²) in [5.41, 5.74) is 8.08. The van der Waals surface area contributed by atoms with Crippen LogP contribution in [0, 0.1) is 0 Å². The number of rotatable bonds is 5. The molecule has 0 fully saturated rings. The van der Waals surface area contributed by atoms with Crippen LogP contribution in [-0.4, -0.2) is 25.2 Å². The predicted octanol–water partition coefficient (Wildman–Crippen LogP) is 2.74. The molecule has 20 heavy (non-hydrogen) atoms. The Morgan fingerprint density at radius 2 is 2.00 bits per heavy atom. The maximum Gasteiger partial charge on any atom is 0.146 e. The molecule has 0 aliphatic heterocycles. The molecule has 1 atom stereocenters. The second-order valence-electron chi connectivity index (χ2n) is 4.88. The maximum atomic E-state index is 5.93. The van der Waals surface area contributed by atoms with Crippen LogP contribution in [0.3, 0.4) is 0 Å². The molecule has 0 bridgehead atoms. The third kappa shape index (κ3) is 3.02. The molecule has 1 heterocycles. The molecule has 4 nitrogen and oxygen atoms in total. The zero-order chi connectivity index (χ0) is 14.5. The van der Waals surface area contributed by atoms with E-state index in [4.69, 9.17) is 10.5 Å². The van der Waals surface area contributed by atoms with Gasteiger partial charge in [0.05, 0.1) is 12.8 Å². The molecule has 0 spiro atoms. The molecule has 1 unspecified atom stereocenters. The van der Waals surface area contributed by atoms with Crippen LogP contribution in [0.4, 0.5) is 11.5 Å². The normalized spacial score (nSPS) is 11.9. The Bertz CT molecular complexity index is 571. The summed E-state index contributed by atoms with van der Waals surface area (Å²) in [6.07, 6.45) is 2.59. The third-order valence-electron chi connectivity index (χ3n) is 3.57. The molecule has 0 amide bonds. The van der Waals surface area contributed by atoms with E-state index in [-0.39, 0.29) is 6.04 Å². The van der Waals surface area contributed by atoms with Gasteiger partial charge in [-0.3, -0.25) is 0 Å². The Labute approximate surface area is 120 Å². The fraction of sp³-hybridized carbons (Fsp3) is 0.312. The number of methoxy groups -OCH3 is 1. The molecule has 2 N–H and O–H groups in total. The van der Waals surface area contributed by atoms with E-state index >= 15 is 0 Å². The molecule has 2 rings (SSSR count).